The molecule has 0 aliphatic carbocycles. The molecule has 0 fully saturated rings. The van der Waals surface area contributed by atoms with Crippen LogP contribution in [0.1, 0.15) is 19.4 Å². The summed E-state index contributed by atoms with van der Waals surface area (Å²) in [6, 6.07) is 30.5. The molecule has 35 heavy (non-hydrogen) atoms. The third kappa shape index (κ3) is 3.51. The number of aromatic nitrogens is 1. The number of fused-ring (bicyclic) bond motifs is 6. The van der Waals surface area contributed by atoms with Gasteiger partial charge in [0.2, 0.25) is 0 Å². The van der Waals surface area contributed by atoms with Crippen LogP contribution in [0.5, 0.6) is 23.0 Å². The predicted octanol–water partition coefficient (Wildman–Crippen LogP) is 8.69. The van der Waals surface area contributed by atoms with Gasteiger partial charge in [-0.3, -0.25) is 4.57 Å². The van der Waals surface area contributed by atoms with Crippen LogP contribution in [-0.4, -0.2) is 10.8 Å². The zero-order valence-electron chi connectivity index (χ0n) is 19.6. The third-order valence-electron chi connectivity index (χ3n) is 6.28. The Labute approximate surface area is 204 Å². The molecule has 2 heterocycles. The third-order valence-corrected chi connectivity index (χ3v) is 6.28. The van der Waals surface area contributed by atoms with Crippen molar-refractivity contribution in [2.75, 3.05) is 0 Å². The van der Waals surface area contributed by atoms with E-state index in [1.807, 2.05) is 74.7 Å². The van der Waals surface area contributed by atoms with Gasteiger partial charge in [0, 0.05) is 17.0 Å². The van der Waals surface area contributed by atoms with Crippen molar-refractivity contribution in [2.24, 2.45) is 4.99 Å². The van der Waals surface area contributed by atoms with Crippen molar-refractivity contribution in [3.63, 3.8) is 0 Å². The van der Waals surface area contributed by atoms with Gasteiger partial charge in [-0.05, 0) is 61.4 Å². The topological polar surface area (TPSA) is 35.8 Å². The standard InChI is InChI=1S/C31H24N2O2/c1-3-21(22-12-6-5-7-13-22)20-32-29(4-2)33-25-15-9-8-14-23(25)24-18-19-28-31(30(24)33)35-27-17-11-10-16-26(27)34-28/h3-20H,1-2H3/b21-3+,29-4+,32-20-. The molecule has 4 aromatic carbocycles. The van der Waals surface area contributed by atoms with Crippen molar-refractivity contribution in [3.8, 4) is 23.0 Å². The second kappa shape index (κ2) is 8.65. The first-order valence-electron chi connectivity index (χ1n) is 11.7. The highest BCUT2D eigenvalue weighted by molar-refractivity contribution is 6.14. The summed E-state index contributed by atoms with van der Waals surface area (Å²) < 4.78 is 14.8. The molecule has 0 radical (unpaired) electrons. The van der Waals surface area contributed by atoms with Crippen molar-refractivity contribution in [1.82, 2.24) is 4.57 Å². The Balaban J connectivity index is 1.55. The van der Waals surface area contributed by atoms with Crippen LogP contribution in [0.25, 0.3) is 33.2 Å². The lowest BCUT2D eigenvalue weighted by Crippen LogP contribution is -2.02. The van der Waals surface area contributed by atoms with Crippen molar-refractivity contribution >= 4 is 39.4 Å². The van der Waals surface area contributed by atoms with Gasteiger partial charge in [0.05, 0.1) is 5.52 Å². The molecular formula is C31H24N2O2. The van der Waals surface area contributed by atoms with Crippen LogP contribution in [0.15, 0.2) is 108 Å². The molecule has 0 unspecified atom stereocenters. The molecule has 170 valence electrons. The maximum absolute atomic E-state index is 6.44. The van der Waals surface area contributed by atoms with Crippen molar-refractivity contribution in [3.05, 3.63) is 109 Å². The number of para-hydroxylation sites is 3. The number of aliphatic imine (C=N–C) groups is 1. The fourth-order valence-corrected chi connectivity index (χ4v) is 4.62. The Morgan fingerprint density at radius 3 is 2.17 bits per heavy atom. The van der Waals surface area contributed by atoms with E-state index in [9.17, 15) is 0 Å². The minimum atomic E-state index is 0.693. The molecule has 1 aliphatic rings. The van der Waals surface area contributed by atoms with Gasteiger partial charge < -0.3 is 9.47 Å². The van der Waals surface area contributed by atoms with Gasteiger partial charge in [-0.2, -0.15) is 0 Å². The summed E-state index contributed by atoms with van der Waals surface area (Å²) >= 11 is 0. The summed E-state index contributed by atoms with van der Waals surface area (Å²) in [5.74, 6) is 3.61. The van der Waals surface area contributed by atoms with Gasteiger partial charge in [-0.15, -0.1) is 0 Å². The maximum Gasteiger partial charge on any atom is 0.194 e. The number of nitrogens with zero attached hydrogens (tertiary/aromatic N) is 2. The highest BCUT2D eigenvalue weighted by Gasteiger charge is 2.25. The van der Waals surface area contributed by atoms with Gasteiger partial charge >= 0.3 is 0 Å². The predicted molar refractivity (Wildman–Crippen MR) is 145 cm³/mol. The van der Waals surface area contributed by atoms with Gasteiger partial charge in [0.15, 0.2) is 23.0 Å². The summed E-state index contributed by atoms with van der Waals surface area (Å²) in [5.41, 5.74) is 4.18. The van der Waals surface area contributed by atoms with E-state index in [0.29, 0.717) is 23.0 Å². The zero-order valence-corrected chi connectivity index (χ0v) is 19.6. The molecule has 4 nitrogen and oxygen atoms in total. The molecule has 4 heteroatoms. The summed E-state index contributed by atoms with van der Waals surface area (Å²) in [4.78, 5) is 4.96. The van der Waals surface area contributed by atoms with Gasteiger partial charge in [-0.25, -0.2) is 4.99 Å². The number of rotatable bonds is 4. The van der Waals surface area contributed by atoms with Crippen LogP contribution in [0.3, 0.4) is 0 Å². The van der Waals surface area contributed by atoms with E-state index >= 15 is 0 Å². The lowest BCUT2D eigenvalue weighted by molar-refractivity contribution is 0.362. The van der Waals surface area contributed by atoms with Crippen LogP contribution in [-0.2, 0) is 0 Å². The quantitative estimate of drug-likeness (QED) is 0.249. The first kappa shape index (κ1) is 21.0. The van der Waals surface area contributed by atoms with Crippen molar-refractivity contribution in [1.29, 1.82) is 0 Å². The van der Waals surface area contributed by atoms with E-state index in [0.717, 1.165) is 38.8 Å². The largest absolute Gasteiger partial charge is 0.449 e. The highest BCUT2D eigenvalue weighted by Crippen LogP contribution is 2.50. The molecule has 1 aliphatic heterocycles. The molecule has 0 spiro atoms. The lowest BCUT2D eigenvalue weighted by atomic mass is 10.1. The first-order chi connectivity index (χ1) is 17.3. The SMILES string of the molecule is C\C=C(/C=N\C(=C/C)n1c2ccccc2c2ccc3c(c21)Oc1ccccc1O3)c1ccccc1. The molecule has 0 bridgehead atoms. The minimum absolute atomic E-state index is 0.693. The zero-order chi connectivity index (χ0) is 23.8. The molecule has 0 N–H and O–H groups in total. The molecule has 0 saturated heterocycles. The van der Waals surface area contributed by atoms with Crippen LogP contribution in [0.4, 0.5) is 0 Å². The fourth-order valence-electron chi connectivity index (χ4n) is 4.62. The van der Waals surface area contributed by atoms with E-state index in [1.165, 1.54) is 0 Å². The Kier molecular flexibility index (Phi) is 5.19. The van der Waals surface area contributed by atoms with Gasteiger partial charge in [-0.1, -0.05) is 66.7 Å². The molecule has 5 aromatic rings. The summed E-state index contributed by atoms with van der Waals surface area (Å²) in [6.07, 6.45) is 6.03. The van der Waals surface area contributed by atoms with Crippen molar-refractivity contribution < 1.29 is 9.47 Å². The summed E-state index contributed by atoms with van der Waals surface area (Å²) in [5, 5.41) is 2.22. The first-order valence-corrected chi connectivity index (χ1v) is 11.7. The number of benzene rings is 4. The molecule has 6 rings (SSSR count). The van der Waals surface area contributed by atoms with E-state index in [4.69, 9.17) is 14.5 Å². The summed E-state index contributed by atoms with van der Waals surface area (Å²) in [7, 11) is 0. The second-order valence-electron chi connectivity index (χ2n) is 8.31. The normalized spacial score (nSPS) is 13.5. The van der Waals surface area contributed by atoms with Gasteiger partial charge in [0.25, 0.3) is 0 Å². The van der Waals surface area contributed by atoms with Crippen molar-refractivity contribution in [2.45, 2.75) is 13.8 Å². The van der Waals surface area contributed by atoms with E-state index in [1.54, 1.807) is 0 Å². The van der Waals surface area contributed by atoms with Crippen LogP contribution in [0, 0.1) is 0 Å². The van der Waals surface area contributed by atoms with E-state index in [2.05, 4.69) is 53.1 Å². The van der Waals surface area contributed by atoms with Crippen LogP contribution in [0.2, 0.25) is 0 Å². The number of allylic oxidation sites excluding steroid dienone is 3. The molecule has 0 saturated carbocycles. The lowest BCUT2D eigenvalue weighted by Gasteiger charge is -2.22. The number of hydrogen-bond acceptors (Lipinski definition) is 3. The van der Waals surface area contributed by atoms with Crippen LogP contribution < -0.4 is 9.47 Å². The molecule has 1 aromatic heterocycles. The molecule has 0 atom stereocenters. The Morgan fingerprint density at radius 2 is 1.40 bits per heavy atom. The van der Waals surface area contributed by atoms with Crippen LogP contribution >= 0.6 is 0 Å². The van der Waals surface area contributed by atoms with E-state index in [-0.39, 0.29) is 0 Å². The average molecular weight is 457 g/mol. The Bertz CT molecular complexity index is 1660. The number of ether oxygens (including phenoxy) is 2. The maximum atomic E-state index is 6.44. The molecular weight excluding hydrogens is 432 g/mol. The molecule has 0 amide bonds. The number of hydrogen-bond donors (Lipinski definition) is 0. The Morgan fingerprint density at radius 1 is 0.686 bits per heavy atom. The van der Waals surface area contributed by atoms with Gasteiger partial charge in [0.1, 0.15) is 11.3 Å². The fraction of sp³-hybridized carbons (Fsp3) is 0.0645. The minimum Gasteiger partial charge on any atom is -0.449 e. The summed E-state index contributed by atoms with van der Waals surface area (Å²) in [6.45, 7) is 4.04. The smallest absolute Gasteiger partial charge is 0.194 e. The average Bonchev–Trinajstić information content (AvgIpc) is 3.25. The Hall–Kier alpha value is -4.57. The monoisotopic (exact) mass is 456 g/mol. The second-order valence-corrected chi connectivity index (χ2v) is 8.31. The highest BCUT2D eigenvalue weighted by atomic mass is 16.6. The van der Waals surface area contributed by atoms with E-state index < -0.39 is 0 Å².